The van der Waals surface area contributed by atoms with Crippen molar-refractivity contribution in [3.63, 3.8) is 0 Å². The molecule has 0 unspecified atom stereocenters. The molecule has 0 bridgehead atoms. The average Bonchev–Trinajstić information content (AvgIpc) is 2.45. The number of aromatic nitrogens is 1. The number of hydrogen-bond donors (Lipinski definition) is 2. The van der Waals surface area contributed by atoms with Crippen molar-refractivity contribution in [3.05, 3.63) is 10.6 Å². The molecule has 0 fully saturated rings. The van der Waals surface area contributed by atoms with E-state index in [1.165, 1.54) is 11.3 Å². The maximum atomic E-state index is 7.54. The molecule has 0 saturated heterocycles. The van der Waals surface area contributed by atoms with Crippen LogP contribution in [0.1, 0.15) is 31.3 Å². The first-order valence-corrected chi connectivity index (χ1v) is 5.58. The van der Waals surface area contributed by atoms with E-state index in [9.17, 15) is 0 Å². The molecule has 0 atom stereocenters. The van der Waals surface area contributed by atoms with Gasteiger partial charge in [0.15, 0.2) is 5.13 Å². The lowest BCUT2D eigenvalue weighted by Gasteiger charge is -2.17. The van der Waals surface area contributed by atoms with E-state index in [-0.39, 0.29) is 11.3 Å². The summed E-state index contributed by atoms with van der Waals surface area (Å²) in [6.07, 6.45) is 0. The Morgan fingerprint density at radius 2 is 1.93 bits per heavy atom. The van der Waals surface area contributed by atoms with Gasteiger partial charge in [0.2, 0.25) is 0 Å². The van der Waals surface area contributed by atoms with Gasteiger partial charge in [-0.05, 0) is 0 Å². The van der Waals surface area contributed by atoms with Crippen molar-refractivity contribution < 1.29 is 0 Å². The first-order valence-electron chi connectivity index (χ1n) is 4.76. The van der Waals surface area contributed by atoms with Crippen LogP contribution in [-0.2, 0) is 5.41 Å². The Morgan fingerprint density at radius 3 is 2.20 bits per heavy atom. The molecule has 0 aliphatic rings. The van der Waals surface area contributed by atoms with E-state index in [4.69, 9.17) is 11.1 Å². The number of nitrogens with zero attached hydrogens (tertiary/aromatic N) is 2. The van der Waals surface area contributed by atoms with Gasteiger partial charge >= 0.3 is 0 Å². The Kier molecular flexibility index (Phi) is 3.04. The van der Waals surface area contributed by atoms with Crippen LogP contribution < -0.4 is 10.6 Å². The van der Waals surface area contributed by atoms with E-state index < -0.39 is 0 Å². The van der Waals surface area contributed by atoms with Crippen LogP contribution in [0.25, 0.3) is 0 Å². The van der Waals surface area contributed by atoms with E-state index in [1.807, 2.05) is 19.0 Å². The van der Waals surface area contributed by atoms with Gasteiger partial charge in [0.1, 0.15) is 5.84 Å². The Balaban J connectivity index is 3.30. The van der Waals surface area contributed by atoms with Gasteiger partial charge in [-0.1, -0.05) is 32.1 Å². The van der Waals surface area contributed by atoms with Gasteiger partial charge in [-0.2, -0.15) is 0 Å². The van der Waals surface area contributed by atoms with Gasteiger partial charge in [0.05, 0.1) is 10.6 Å². The summed E-state index contributed by atoms with van der Waals surface area (Å²) in [5.41, 5.74) is 6.39. The largest absolute Gasteiger partial charge is 0.383 e. The molecule has 3 N–H and O–H groups in total. The standard InChI is InChI=1S/C10H18N4S/c1-10(2,3)7-6(8(11)12)15-9(13-7)14(4)5/h1-5H3,(H3,11,12). The van der Waals surface area contributed by atoms with Gasteiger partial charge in [-0.15, -0.1) is 0 Å². The minimum absolute atomic E-state index is 0.0776. The number of nitrogen functional groups attached to an aromatic ring is 1. The van der Waals surface area contributed by atoms with Crippen LogP contribution in [-0.4, -0.2) is 24.9 Å². The molecule has 0 saturated carbocycles. The van der Waals surface area contributed by atoms with Crippen molar-refractivity contribution in [1.82, 2.24) is 4.98 Å². The molecule has 84 valence electrons. The lowest BCUT2D eigenvalue weighted by Crippen LogP contribution is -2.20. The summed E-state index contributed by atoms with van der Waals surface area (Å²) in [4.78, 5) is 7.25. The summed E-state index contributed by atoms with van der Waals surface area (Å²) in [5.74, 6) is 0.102. The van der Waals surface area contributed by atoms with Gasteiger partial charge in [0.25, 0.3) is 0 Å². The molecular formula is C10H18N4S. The Hall–Kier alpha value is -1.10. The van der Waals surface area contributed by atoms with E-state index >= 15 is 0 Å². The van der Waals surface area contributed by atoms with Crippen molar-refractivity contribution >= 4 is 22.3 Å². The number of nitrogens with one attached hydrogen (secondary N) is 1. The Labute approximate surface area is 94.6 Å². The second-order valence-electron chi connectivity index (χ2n) is 4.73. The smallest absolute Gasteiger partial charge is 0.185 e. The van der Waals surface area contributed by atoms with Crippen molar-refractivity contribution in [1.29, 1.82) is 5.41 Å². The minimum atomic E-state index is -0.0776. The highest BCUT2D eigenvalue weighted by atomic mass is 32.1. The highest BCUT2D eigenvalue weighted by Crippen LogP contribution is 2.32. The number of anilines is 1. The maximum absolute atomic E-state index is 7.54. The first-order chi connectivity index (χ1) is 6.73. The fraction of sp³-hybridized carbons (Fsp3) is 0.600. The molecule has 0 aromatic carbocycles. The van der Waals surface area contributed by atoms with E-state index in [2.05, 4.69) is 25.8 Å². The summed E-state index contributed by atoms with van der Waals surface area (Å²) in [6, 6.07) is 0. The van der Waals surface area contributed by atoms with Crippen LogP contribution in [0.5, 0.6) is 0 Å². The highest BCUT2D eigenvalue weighted by molar-refractivity contribution is 7.17. The van der Waals surface area contributed by atoms with Gasteiger partial charge in [-0.25, -0.2) is 4.98 Å². The fourth-order valence-corrected chi connectivity index (χ4v) is 2.25. The summed E-state index contributed by atoms with van der Waals surface area (Å²) in [7, 11) is 3.88. The molecule has 15 heavy (non-hydrogen) atoms. The van der Waals surface area contributed by atoms with Crippen LogP contribution in [0.3, 0.4) is 0 Å². The Bertz CT molecular complexity index is 373. The van der Waals surface area contributed by atoms with Crippen LogP contribution in [0.2, 0.25) is 0 Å². The lowest BCUT2D eigenvalue weighted by molar-refractivity contribution is 0.572. The number of nitrogens with two attached hydrogens (primary N) is 1. The third kappa shape index (κ3) is 2.47. The lowest BCUT2D eigenvalue weighted by atomic mass is 9.91. The zero-order valence-corrected chi connectivity index (χ0v) is 10.7. The molecule has 1 aromatic heterocycles. The predicted octanol–water partition coefficient (Wildman–Crippen LogP) is 1.79. The molecule has 1 aromatic rings. The van der Waals surface area contributed by atoms with Crippen LogP contribution in [0, 0.1) is 5.41 Å². The summed E-state index contributed by atoms with van der Waals surface area (Å²) < 4.78 is 0. The summed E-state index contributed by atoms with van der Waals surface area (Å²) in [6.45, 7) is 6.23. The Morgan fingerprint density at radius 1 is 1.40 bits per heavy atom. The molecule has 1 heterocycles. The van der Waals surface area contributed by atoms with Crippen LogP contribution >= 0.6 is 11.3 Å². The van der Waals surface area contributed by atoms with Crippen molar-refractivity contribution in [3.8, 4) is 0 Å². The number of thiazole rings is 1. The minimum Gasteiger partial charge on any atom is -0.383 e. The average molecular weight is 226 g/mol. The molecule has 0 radical (unpaired) electrons. The van der Waals surface area contributed by atoms with Gasteiger partial charge in [-0.3, -0.25) is 5.41 Å². The number of hydrogen-bond acceptors (Lipinski definition) is 4. The zero-order valence-electron chi connectivity index (χ0n) is 9.88. The highest BCUT2D eigenvalue weighted by Gasteiger charge is 2.25. The van der Waals surface area contributed by atoms with E-state index in [0.717, 1.165) is 15.7 Å². The second-order valence-corrected chi connectivity index (χ2v) is 5.71. The van der Waals surface area contributed by atoms with Crippen molar-refractivity contribution in [2.45, 2.75) is 26.2 Å². The van der Waals surface area contributed by atoms with Crippen LogP contribution in [0.4, 0.5) is 5.13 Å². The quantitative estimate of drug-likeness (QED) is 0.597. The van der Waals surface area contributed by atoms with Crippen molar-refractivity contribution in [2.24, 2.45) is 5.73 Å². The van der Waals surface area contributed by atoms with Crippen molar-refractivity contribution in [2.75, 3.05) is 19.0 Å². The molecule has 0 amide bonds. The summed E-state index contributed by atoms with van der Waals surface area (Å²) >= 11 is 1.47. The SMILES string of the molecule is CN(C)c1nc(C(C)(C)C)c(C(=N)N)s1. The maximum Gasteiger partial charge on any atom is 0.185 e. The number of amidine groups is 1. The molecule has 0 aliphatic carbocycles. The summed E-state index contributed by atoms with van der Waals surface area (Å²) in [5, 5.41) is 8.43. The molecule has 5 heteroatoms. The van der Waals surface area contributed by atoms with E-state index in [1.54, 1.807) is 0 Å². The molecule has 0 aliphatic heterocycles. The molecular weight excluding hydrogens is 208 g/mol. The monoisotopic (exact) mass is 226 g/mol. The first kappa shape index (κ1) is 12.0. The second kappa shape index (κ2) is 3.81. The third-order valence-electron chi connectivity index (χ3n) is 1.95. The third-order valence-corrected chi connectivity index (χ3v) is 3.21. The fourth-order valence-electron chi connectivity index (χ4n) is 1.19. The molecule has 4 nitrogen and oxygen atoms in total. The number of rotatable bonds is 2. The molecule has 0 spiro atoms. The van der Waals surface area contributed by atoms with E-state index in [0.29, 0.717) is 0 Å². The zero-order chi connectivity index (χ0) is 11.8. The van der Waals surface area contributed by atoms with Gasteiger partial charge < -0.3 is 10.6 Å². The topological polar surface area (TPSA) is 66.0 Å². The normalized spacial score (nSPS) is 11.5. The molecule has 1 rings (SSSR count). The van der Waals surface area contributed by atoms with Crippen LogP contribution in [0.15, 0.2) is 0 Å². The predicted molar refractivity (Wildman–Crippen MR) is 66.2 cm³/mol. The van der Waals surface area contributed by atoms with Gasteiger partial charge in [0, 0.05) is 19.5 Å².